The molecule has 0 saturated carbocycles. The Kier molecular flexibility index (Phi) is 13.8. The van der Waals surface area contributed by atoms with E-state index in [1.165, 1.54) is 0 Å². The van der Waals surface area contributed by atoms with Gasteiger partial charge in [0.2, 0.25) is 12.2 Å². The van der Waals surface area contributed by atoms with Crippen molar-refractivity contribution in [1.29, 1.82) is 0 Å². The van der Waals surface area contributed by atoms with E-state index in [0.29, 0.717) is 12.8 Å². The first-order chi connectivity index (χ1) is 17.3. The highest BCUT2D eigenvalue weighted by Gasteiger charge is 2.31. The van der Waals surface area contributed by atoms with E-state index in [2.05, 4.69) is 10.7 Å². The van der Waals surface area contributed by atoms with Gasteiger partial charge in [-0.05, 0) is 36.2 Å². The Morgan fingerprint density at radius 3 is 2.00 bits per heavy atom. The number of hydrogen-bond acceptors (Lipinski definition) is 7. The molecule has 0 aliphatic carbocycles. The summed E-state index contributed by atoms with van der Waals surface area (Å²) in [6.07, 6.45) is -2.44. The smallest absolute Gasteiger partial charge is 0.408 e. The van der Waals surface area contributed by atoms with Crippen LogP contribution in [-0.4, -0.2) is 57.8 Å². The van der Waals surface area contributed by atoms with Gasteiger partial charge in [0.25, 0.3) is 5.91 Å². The molecule has 208 valence electrons. The van der Waals surface area contributed by atoms with Crippen molar-refractivity contribution in [3.8, 4) is 0 Å². The third-order valence-corrected chi connectivity index (χ3v) is 5.45. The molecule has 0 saturated heterocycles. The second kappa shape index (κ2) is 16.0. The van der Waals surface area contributed by atoms with Crippen molar-refractivity contribution in [2.24, 2.45) is 23.7 Å². The number of benzene rings is 1. The summed E-state index contributed by atoms with van der Waals surface area (Å²) >= 11 is 0. The fourth-order valence-corrected chi connectivity index (χ4v) is 3.81. The van der Waals surface area contributed by atoms with Gasteiger partial charge in [0.1, 0.15) is 6.61 Å². The van der Waals surface area contributed by atoms with Gasteiger partial charge in [0.05, 0.1) is 6.04 Å². The number of Topliss-reactive ketones (excluding diaryl/α,β-unsaturated/α-hetero) is 1. The molecule has 0 heterocycles. The van der Waals surface area contributed by atoms with Gasteiger partial charge in [-0.15, -0.1) is 0 Å². The Labute approximate surface area is 219 Å². The molecule has 0 aliphatic rings. The predicted molar refractivity (Wildman–Crippen MR) is 138 cm³/mol. The lowest BCUT2D eigenvalue weighted by atomic mass is 9.88. The largest absolute Gasteiger partial charge is 0.445 e. The molecule has 0 radical (unpaired) electrons. The zero-order valence-corrected chi connectivity index (χ0v) is 22.8. The lowest BCUT2D eigenvalue weighted by molar-refractivity contribution is -0.166. The summed E-state index contributed by atoms with van der Waals surface area (Å²) in [7, 11) is 0. The van der Waals surface area contributed by atoms with E-state index in [1.54, 1.807) is 0 Å². The molecule has 4 N–H and O–H groups in total. The molecule has 1 aromatic rings. The van der Waals surface area contributed by atoms with Crippen LogP contribution in [0.2, 0.25) is 0 Å². The molecule has 1 aromatic carbocycles. The fourth-order valence-electron chi connectivity index (χ4n) is 3.81. The van der Waals surface area contributed by atoms with Gasteiger partial charge in [-0.3, -0.25) is 19.8 Å². The van der Waals surface area contributed by atoms with Crippen LogP contribution in [0.5, 0.6) is 0 Å². The first-order valence-electron chi connectivity index (χ1n) is 12.8. The molecule has 3 amide bonds. The number of alkyl carbamates (subject to hydrolysis) is 1. The lowest BCUT2D eigenvalue weighted by Gasteiger charge is -2.29. The van der Waals surface area contributed by atoms with E-state index in [9.17, 15) is 29.4 Å². The molecule has 0 fully saturated rings. The minimum absolute atomic E-state index is 0.0596. The average molecular weight is 522 g/mol. The van der Waals surface area contributed by atoms with Gasteiger partial charge in [-0.2, -0.15) is 0 Å². The summed E-state index contributed by atoms with van der Waals surface area (Å²) in [6.45, 7) is 11.4. The zero-order valence-electron chi connectivity index (χ0n) is 22.8. The standard InChI is InChI=1S/C27H43N3O7/c1-17(2)12-21(24(32)29-30(15-19(5)6)25(33)26(34)35)14-23(31)22(13-18(3)4)28-27(36)37-16-20-10-8-7-9-11-20/h7-11,17-19,21-22,26,34-35H,12-16H2,1-6H3,(H,28,36)(H,29,32)/t21-,22+/m1/s1. The van der Waals surface area contributed by atoms with E-state index in [4.69, 9.17) is 4.74 Å². The van der Waals surface area contributed by atoms with Crippen molar-refractivity contribution in [2.45, 2.75) is 79.7 Å². The van der Waals surface area contributed by atoms with Crippen LogP contribution in [0.1, 0.15) is 66.4 Å². The monoisotopic (exact) mass is 521 g/mol. The number of ketones is 1. The molecule has 10 heteroatoms. The van der Waals surface area contributed by atoms with Gasteiger partial charge in [0, 0.05) is 18.9 Å². The van der Waals surface area contributed by atoms with Crippen molar-refractivity contribution < 1.29 is 34.1 Å². The molecule has 2 atom stereocenters. The number of carbonyl (C=O) groups is 4. The van der Waals surface area contributed by atoms with Crippen molar-refractivity contribution in [3.63, 3.8) is 0 Å². The number of rotatable bonds is 14. The molecule has 0 bridgehead atoms. The number of carbonyl (C=O) groups excluding carboxylic acids is 4. The second-order valence-electron chi connectivity index (χ2n) is 10.6. The Morgan fingerprint density at radius 2 is 1.49 bits per heavy atom. The molecule has 0 aromatic heterocycles. The van der Waals surface area contributed by atoms with Crippen LogP contribution >= 0.6 is 0 Å². The highest BCUT2D eigenvalue weighted by molar-refractivity contribution is 5.92. The van der Waals surface area contributed by atoms with Crippen LogP contribution < -0.4 is 10.7 Å². The molecular formula is C27H43N3O7. The topological polar surface area (TPSA) is 145 Å². The third kappa shape index (κ3) is 12.7. The van der Waals surface area contributed by atoms with E-state index >= 15 is 0 Å². The van der Waals surface area contributed by atoms with E-state index in [1.807, 2.05) is 71.9 Å². The normalized spacial score (nSPS) is 13.0. The first-order valence-corrected chi connectivity index (χ1v) is 12.8. The molecule has 10 nitrogen and oxygen atoms in total. The lowest BCUT2D eigenvalue weighted by Crippen LogP contribution is -2.53. The summed E-state index contributed by atoms with van der Waals surface area (Å²) < 4.78 is 5.27. The maximum absolute atomic E-state index is 13.3. The van der Waals surface area contributed by atoms with E-state index in [0.717, 1.165) is 10.6 Å². The van der Waals surface area contributed by atoms with Gasteiger partial charge in [-0.25, -0.2) is 9.80 Å². The molecule has 0 unspecified atom stereocenters. The number of nitrogens with one attached hydrogen (secondary N) is 2. The minimum atomic E-state index is -2.27. The number of hydrazine groups is 1. The Hall–Kier alpha value is -2.98. The highest BCUT2D eigenvalue weighted by Crippen LogP contribution is 2.20. The SMILES string of the molecule is CC(C)C[C@H](CC(=O)[C@H](CC(C)C)NC(=O)OCc1ccccc1)C(=O)NN(CC(C)C)C(=O)C(O)O. The van der Waals surface area contributed by atoms with Crippen LogP contribution in [-0.2, 0) is 25.7 Å². The maximum atomic E-state index is 13.3. The molecular weight excluding hydrogens is 478 g/mol. The summed E-state index contributed by atoms with van der Waals surface area (Å²) in [5.74, 6) is -2.66. The summed E-state index contributed by atoms with van der Waals surface area (Å²) in [6, 6.07) is 8.31. The Bertz CT molecular complexity index is 872. The van der Waals surface area contributed by atoms with Gasteiger partial charge >= 0.3 is 6.09 Å². The van der Waals surface area contributed by atoms with Gasteiger partial charge < -0.3 is 20.3 Å². The van der Waals surface area contributed by atoms with Crippen LogP contribution in [0, 0.1) is 23.7 Å². The summed E-state index contributed by atoms with van der Waals surface area (Å²) in [4.78, 5) is 51.0. The fraction of sp³-hybridized carbons (Fsp3) is 0.630. The highest BCUT2D eigenvalue weighted by atomic mass is 16.5. The average Bonchev–Trinajstić information content (AvgIpc) is 2.80. The third-order valence-electron chi connectivity index (χ3n) is 5.45. The van der Waals surface area contributed by atoms with Crippen LogP contribution in [0.3, 0.4) is 0 Å². The second-order valence-corrected chi connectivity index (χ2v) is 10.6. The summed E-state index contributed by atoms with van der Waals surface area (Å²) in [5, 5.41) is 22.1. The maximum Gasteiger partial charge on any atom is 0.408 e. The number of hydrogen-bond donors (Lipinski definition) is 4. The van der Waals surface area contributed by atoms with Gasteiger partial charge in [-0.1, -0.05) is 71.9 Å². The van der Waals surface area contributed by atoms with Crippen molar-refractivity contribution in [2.75, 3.05) is 6.54 Å². The van der Waals surface area contributed by atoms with Crippen molar-refractivity contribution >= 4 is 23.7 Å². The Balaban J connectivity index is 2.95. The van der Waals surface area contributed by atoms with E-state index < -0.39 is 36.2 Å². The van der Waals surface area contributed by atoms with Crippen molar-refractivity contribution in [3.05, 3.63) is 35.9 Å². The predicted octanol–water partition coefficient (Wildman–Crippen LogP) is 2.78. The number of amides is 3. The number of aliphatic hydroxyl groups is 2. The molecule has 1 rings (SSSR count). The van der Waals surface area contributed by atoms with Crippen LogP contribution in [0.15, 0.2) is 30.3 Å². The molecule has 37 heavy (non-hydrogen) atoms. The van der Waals surface area contributed by atoms with Crippen LogP contribution in [0.25, 0.3) is 0 Å². The number of ether oxygens (including phenoxy) is 1. The van der Waals surface area contributed by atoms with Crippen LogP contribution in [0.4, 0.5) is 4.79 Å². The van der Waals surface area contributed by atoms with Gasteiger partial charge in [0.15, 0.2) is 5.78 Å². The number of nitrogens with zero attached hydrogens (tertiary/aromatic N) is 1. The van der Waals surface area contributed by atoms with E-state index in [-0.39, 0.29) is 43.1 Å². The molecule has 0 aliphatic heterocycles. The van der Waals surface area contributed by atoms with Crippen molar-refractivity contribution in [1.82, 2.24) is 15.8 Å². The quantitative estimate of drug-likeness (QED) is 0.218. The minimum Gasteiger partial charge on any atom is -0.445 e. The molecule has 0 spiro atoms. The Morgan fingerprint density at radius 1 is 0.892 bits per heavy atom. The summed E-state index contributed by atoms with van der Waals surface area (Å²) in [5.41, 5.74) is 3.27. The first kappa shape index (κ1) is 32.0. The number of aliphatic hydroxyl groups excluding tert-OH is 1. The zero-order chi connectivity index (χ0) is 28.1.